The Balaban J connectivity index is 2.39. The van der Waals surface area contributed by atoms with Crippen LogP contribution in [-0.4, -0.2) is 14.5 Å². The van der Waals surface area contributed by atoms with Crippen LogP contribution >= 0.6 is 22.9 Å². The van der Waals surface area contributed by atoms with E-state index >= 15 is 0 Å². The van der Waals surface area contributed by atoms with Gasteiger partial charge in [-0.25, -0.2) is 9.97 Å². The van der Waals surface area contributed by atoms with E-state index < -0.39 is 0 Å². The van der Waals surface area contributed by atoms with Crippen molar-refractivity contribution >= 4 is 34.0 Å². The van der Waals surface area contributed by atoms with Crippen LogP contribution in [0.4, 0.5) is 0 Å². The summed E-state index contributed by atoms with van der Waals surface area (Å²) in [5, 5.41) is 3.72. The van der Waals surface area contributed by atoms with Crippen molar-refractivity contribution < 1.29 is 0 Å². The summed E-state index contributed by atoms with van der Waals surface area (Å²) in [7, 11) is 0. The number of nitrogens with zero attached hydrogens (tertiary/aromatic N) is 3. The van der Waals surface area contributed by atoms with Gasteiger partial charge in [0.05, 0.1) is 11.1 Å². The Hall–Kier alpha value is -1.39. The fourth-order valence-corrected chi connectivity index (χ4v) is 4.08. The molecular formula is C16H18ClN3S. The molecule has 0 aromatic carbocycles. The summed E-state index contributed by atoms with van der Waals surface area (Å²) in [5.74, 6) is 1.17. The van der Waals surface area contributed by atoms with Crippen molar-refractivity contribution in [2.24, 2.45) is 0 Å². The van der Waals surface area contributed by atoms with Gasteiger partial charge in [0.1, 0.15) is 16.6 Å². The van der Waals surface area contributed by atoms with Gasteiger partial charge in [-0.3, -0.25) is 4.57 Å². The predicted octanol–water partition coefficient (Wildman–Crippen LogP) is 5.18. The highest BCUT2D eigenvalue weighted by Crippen LogP contribution is 2.35. The van der Waals surface area contributed by atoms with Crippen LogP contribution in [0, 0.1) is 20.8 Å². The van der Waals surface area contributed by atoms with Crippen LogP contribution < -0.4 is 0 Å². The third kappa shape index (κ3) is 2.27. The van der Waals surface area contributed by atoms with Gasteiger partial charge in [0.15, 0.2) is 0 Å². The molecule has 0 radical (unpaired) electrons. The van der Waals surface area contributed by atoms with Crippen molar-refractivity contribution in [3.8, 4) is 5.69 Å². The zero-order valence-electron chi connectivity index (χ0n) is 12.9. The molecule has 0 amide bonds. The zero-order valence-corrected chi connectivity index (χ0v) is 14.4. The molecule has 0 saturated carbocycles. The van der Waals surface area contributed by atoms with Crippen LogP contribution in [0.3, 0.4) is 0 Å². The van der Waals surface area contributed by atoms with Crippen LogP contribution in [-0.2, 0) is 0 Å². The Morgan fingerprint density at radius 1 is 1.19 bits per heavy atom. The molecule has 0 N–H and O–H groups in total. The summed E-state index contributed by atoms with van der Waals surface area (Å²) in [6.45, 7) is 10.5. The van der Waals surface area contributed by atoms with Crippen molar-refractivity contribution in [3.63, 3.8) is 0 Å². The van der Waals surface area contributed by atoms with Gasteiger partial charge in [0, 0.05) is 11.1 Å². The molecule has 110 valence electrons. The van der Waals surface area contributed by atoms with E-state index in [9.17, 15) is 0 Å². The summed E-state index contributed by atoms with van der Waals surface area (Å²) >= 11 is 8.11. The molecule has 3 heterocycles. The van der Waals surface area contributed by atoms with E-state index in [1.807, 2.05) is 6.92 Å². The molecule has 0 bridgehead atoms. The Bertz CT molecular complexity index is 830. The highest BCUT2D eigenvalue weighted by Gasteiger charge is 2.19. The number of aromatic nitrogens is 3. The number of fused-ring (bicyclic) bond motifs is 1. The maximum absolute atomic E-state index is 6.32. The Labute approximate surface area is 133 Å². The molecule has 0 fully saturated rings. The molecule has 3 nitrogen and oxygen atoms in total. The van der Waals surface area contributed by atoms with Crippen LogP contribution in [0.1, 0.15) is 41.6 Å². The number of aryl methyl sites for hydroxylation is 3. The van der Waals surface area contributed by atoms with Crippen molar-refractivity contribution in [1.29, 1.82) is 0 Å². The Morgan fingerprint density at radius 2 is 1.90 bits per heavy atom. The van der Waals surface area contributed by atoms with E-state index in [2.05, 4.69) is 53.8 Å². The fraction of sp³-hybridized carbons (Fsp3) is 0.375. The van der Waals surface area contributed by atoms with Crippen molar-refractivity contribution in [2.75, 3.05) is 0 Å². The molecule has 0 atom stereocenters. The second kappa shape index (κ2) is 5.11. The standard InChI is InChI=1S/C16H18ClN3S/c1-8(2)12-7-21-10(4)14(12)20-6-9(3)13-15(17)18-11(5)19-16(13)20/h6-8H,1-5H3. The SMILES string of the molecule is Cc1nc(Cl)c2c(C)cn(-c3c(C(C)C)csc3C)c2n1. The van der Waals surface area contributed by atoms with Crippen molar-refractivity contribution in [2.45, 2.75) is 40.5 Å². The number of hydrogen-bond acceptors (Lipinski definition) is 3. The zero-order chi connectivity index (χ0) is 15.3. The number of thiophene rings is 1. The minimum atomic E-state index is 0.473. The monoisotopic (exact) mass is 319 g/mol. The van der Waals surface area contributed by atoms with Gasteiger partial charge in [-0.15, -0.1) is 11.3 Å². The lowest BCUT2D eigenvalue weighted by Crippen LogP contribution is -2.01. The van der Waals surface area contributed by atoms with E-state index in [0.29, 0.717) is 16.9 Å². The molecule has 3 rings (SSSR count). The van der Waals surface area contributed by atoms with Gasteiger partial charge in [-0.2, -0.15) is 0 Å². The first-order valence-corrected chi connectivity index (χ1v) is 8.26. The normalized spacial score (nSPS) is 11.8. The van der Waals surface area contributed by atoms with E-state index in [1.165, 1.54) is 16.1 Å². The van der Waals surface area contributed by atoms with Crippen LogP contribution in [0.2, 0.25) is 5.15 Å². The van der Waals surface area contributed by atoms with E-state index in [1.54, 1.807) is 11.3 Å². The summed E-state index contributed by atoms with van der Waals surface area (Å²) in [4.78, 5) is 10.2. The van der Waals surface area contributed by atoms with Crippen LogP contribution in [0.15, 0.2) is 11.6 Å². The predicted molar refractivity (Wildman–Crippen MR) is 90.1 cm³/mol. The summed E-state index contributed by atoms with van der Waals surface area (Å²) in [6, 6.07) is 0. The third-order valence-corrected chi connectivity index (χ3v) is 4.93. The lowest BCUT2D eigenvalue weighted by atomic mass is 10.0. The quantitative estimate of drug-likeness (QED) is 0.609. The lowest BCUT2D eigenvalue weighted by molar-refractivity contribution is 0.853. The second-order valence-electron chi connectivity index (χ2n) is 5.69. The Morgan fingerprint density at radius 3 is 2.57 bits per heavy atom. The first-order valence-electron chi connectivity index (χ1n) is 7.00. The summed E-state index contributed by atoms with van der Waals surface area (Å²) in [5.41, 5.74) is 4.59. The highest BCUT2D eigenvalue weighted by atomic mass is 35.5. The van der Waals surface area contributed by atoms with Crippen molar-refractivity contribution in [3.05, 3.63) is 38.6 Å². The fourth-order valence-electron chi connectivity index (χ4n) is 2.71. The second-order valence-corrected chi connectivity index (χ2v) is 7.13. The number of hydrogen-bond donors (Lipinski definition) is 0. The molecule has 0 aliphatic heterocycles. The van der Waals surface area contributed by atoms with Gasteiger partial charge in [-0.05, 0) is 43.2 Å². The first-order chi connectivity index (χ1) is 9.90. The molecule has 0 unspecified atom stereocenters. The smallest absolute Gasteiger partial charge is 0.150 e. The summed E-state index contributed by atoms with van der Waals surface area (Å²) in [6.07, 6.45) is 2.12. The molecule has 21 heavy (non-hydrogen) atoms. The lowest BCUT2D eigenvalue weighted by Gasteiger charge is -2.11. The minimum absolute atomic E-state index is 0.473. The van der Waals surface area contributed by atoms with Gasteiger partial charge >= 0.3 is 0 Å². The van der Waals surface area contributed by atoms with Crippen LogP contribution in [0.25, 0.3) is 16.7 Å². The van der Waals surface area contributed by atoms with Gasteiger partial charge in [-0.1, -0.05) is 25.4 Å². The van der Waals surface area contributed by atoms with Crippen LogP contribution in [0.5, 0.6) is 0 Å². The molecular weight excluding hydrogens is 302 g/mol. The molecule has 3 aromatic heterocycles. The van der Waals surface area contributed by atoms with E-state index in [-0.39, 0.29) is 0 Å². The number of rotatable bonds is 2. The largest absolute Gasteiger partial charge is 0.299 e. The van der Waals surface area contributed by atoms with Gasteiger partial charge in [0.25, 0.3) is 0 Å². The average molecular weight is 320 g/mol. The third-order valence-electron chi connectivity index (χ3n) is 3.74. The van der Waals surface area contributed by atoms with E-state index in [0.717, 1.165) is 16.6 Å². The molecule has 0 spiro atoms. The van der Waals surface area contributed by atoms with Gasteiger partial charge < -0.3 is 0 Å². The Kier molecular flexibility index (Phi) is 3.54. The topological polar surface area (TPSA) is 30.7 Å². The van der Waals surface area contributed by atoms with Gasteiger partial charge in [0.2, 0.25) is 0 Å². The first kappa shape index (κ1) is 14.5. The average Bonchev–Trinajstić information content (AvgIpc) is 2.90. The summed E-state index contributed by atoms with van der Waals surface area (Å²) < 4.78 is 2.17. The molecule has 3 aromatic rings. The highest BCUT2D eigenvalue weighted by molar-refractivity contribution is 7.10. The molecule has 0 aliphatic rings. The minimum Gasteiger partial charge on any atom is -0.299 e. The maximum Gasteiger partial charge on any atom is 0.150 e. The molecule has 0 saturated heterocycles. The maximum atomic E-state index is 6.32. The number of halogens is 1. The molecule has 0 aliphatic carbocycles. The molecule has 5 heteroatoms. The van der Waals surface area contributed by atoms with E-state index in [4.69, 9.17) is 11.6 Å². The van der Waals surface area contributed by atoms with Crippen molar-refractivity contribution in [1.82, 2.24) is 14.5 Å².